The van der Waals surface area contributed by atoms with Crippen LogP contribution in [0.1, 0.15) is 284 Å². The molecule has 0 heterocycles. The fourth-order valence-electron chi connectivity index (χ4n) is 8.11. The van der Waals surface area contributed by atoms with Gasteiger partial charge < -0.3 is 33.5 Å². The molecule has 0 aromatic heterocycles. The van der Waals surface area contributed by atoms with Gasteiger partial charge in [-0.25, -0.2) is 4.79 Å². The van der Waals surface area contributed by atoms with E-state index in [1.54, 1.807) is 0 Å². The first kappa shape index (κ1) is 66.8. The second-order valence-corrected chi connectivity index (χ2v) is 19.5. The molecule has 0 unspecified atom stereocenters. The Bertz CT molecular complexity index is 1210. The summed E-state index contributed by atoms with van der Waals surface area (Å²) >= 11 is 0. The molecule has 0 aromatic rings. The summed E-state index contributed by atoms with van der Waals surface area (Å²) in [5, 5.41) is 11.4. The second kappa shape index (κ2) is 50.7. The van der Waals surface area contributed by atoms with Crippen molar-refractivity contribution < 1.29 is 62.3 Å². The lowest BCUT2D eigenvalue weighted by Gasteiger charge is -2.24. The summed E-state index contributed by atoms with van der Waals surface area (Å²) in [5.74, 6) is -3.26. The number of ether oxygens (including phenoxy) is 6. The summed E-state index contributed by atoms with van der Waals surface area (Å²) in [4.78, 5) is 75.2. The lowest BCUT2D eigenvalue weighted by atomic mass is 9.95. The van der Waals surface area contributed by atoms with E-state index in [0.29, 0.717) is 84.0 Å². The highest BCUT2D eigenvalue weighted by molar-refractivity contribution is 5.90. The zero-order chi connectivity index (χ0) is 51.4. The molecule has 70 heavy (non-hydrogen) atoms. The highest BCUT2D eigenvalue weighted by atomic mass is 16.6. The number of esters is 6. The predicted octanol–water partition coefficient (Wildman–Crippen LogP) is 14.0. The molecule has 0 atom stereocenters. The molecule has 0 aliphatic heterocycles. The van der Waals surface area contributed by atoms with Gasteiger partial charge in [0.1, 0.15) is 0 Å². The van der Waals surface area contributed by atoms with Crippen LogP contribution in [0.2, 0.25) is 0 Å². The number of carbonyl (C=O) groups is 6. The number of aliphatic hydroxyl groups is 1. The molecule has 0 aliphatic carbocycles. The van der Waals surface area contributed by atoms with Gasteiger partial charge in [-0.15, -0.1) is 0 Å². The van der Waals surface area contributed by atoms with Crippen LogP contribution in [0.25, 0.3) is 0 Å². The van der Waals surface area contributed by atoms with Crippen LogP contribution in [0, 0.1) is 0 Å². The number of hydrogen-bond donors (Lipinski definition) is 1. The largest absolute Gasteiger partial charge is 0.466 e. The van der Waals surface area contributed by atoms with Crippen molar-refractivity contribution in [3.8, 4) is 0 Å². The van der Waals surface area contributed by atoms with Crippen LogP contribution >= 0.6 is 0 Å². The maximum atomic E-state index is 13.2. The number of rotatable bonds is 53. The molecule has 1 N–H and O–H groups in total. The van der Waals surface area contributed by atoms with Crippen molar-refractivity contribution in [2.45, 2.75) is 290 Å². The average Bonchev–Trinajstić information content (AvgIpc) is 3.33. The normalized spacial score (nSPS) is 11.3. The minimum atomic E-state index is -2.46. The van der Waals surface area contributed by atoms with Crippen molar-refractivity contribution in [2.24, 2.45) is 0 Å². The van der Waals surface area contributed by atoms with Crippen molar-refractivity contribution in [3.63, 3.8) is 0 Å². The predicted molar refractivity (Wildman–Crippen MR) is 277 cm³/mol. The quantitative estimate of drug-likeness (QED) is 0.0346. The SMILES string of the molecule is CCCCCCCCCCC(=O)OCCCCCCOC(=O)CC(O)(CC(=O)OCCCCCCOC(=O)CCCCCCCCCC)C(=O)OCCCCCCOC(=O)CCCCCCCCCC. The summed E-state index contributed by atoms with van der Waals surface area (Å²) in [6.07, 6.45) is 36.0. The van der Waals surface area contributed by atoms with Crippen molar-refractivity contribution in [1.29, 1.82) is 0 Å². The number of carbonyl (C=O) groups excluding carboxylic acids is 6. The molecule has 410 valence electrons. The Hall–Kier alpha value is -3.22. The van der Waals surface area contributed by atoms with E-state index in [2.05, 4.69) is 20.8 Å². The van der Waals surface area contributed by atoms with Gasteiger partial charge in [0.2, 0.25) is 0 Å². The van der Waals surface area contributed by atoms with Crippen LogP contribution in [-0.2, 0) is 57.2 Å². The van der Waals surface area contributed by atoms with Gasteiger partial charge in [0.25, 0.3) is 0 Å². The molecule has 0 aliphatic rings. The van der Waals surface area contributed by atoms with Gasteiger partial charge in [-0.3, -0.25) is 24.0 Å². The van der Waals surface area contributed by atoms with E-state index >= 15 is 0 Å². The Morgan fingerprint density at radius 1 is 0.271 bits per heavy atom. The first-order valence-electron chi connectivity index (χ1n) is 28.8. The molecule has 13 nitrogen and oxygen atoms in total. The Kier molecular flexibility index (Phi) is 48.4. The Labute approximate surface area is 426 Å². The average molecular weight is 997 g/mol. The van der Waals surface area contributed by atoms with E-state index in [1.807, 2.05) is 0 Å². The van der Waals surface area contributed by atoms with E-state index in [0.717, 1.165) is 89.9 Å². The zero-order valence-electron chi connectivity index (χ0n) is 45.1. The molecule has 0 rings (SSSR count). The lowest BCUT2D eigenvalue weighted by Crippen LogP contribution is -2.45. The van der Waals surface area contributed by atoms with Gasteiger partial charge in [-0.05, 0) is 96.3 Å². The van der Waals surface area contributed by atoms with Gasteiger partial charge in [0, 0.05) is 19.3 Å². The second-order valence-electron chi connectivity index (χ2n) is 19.5. The van der Waals surface area contributed by atoms with Crippen LogP contribution in [0.3, 0.4) is 0 Å². The summed E-state index contributed by atoms with van der Waals surface area (Å²) in [6, 6.07) is 0. The van der Waals surface area contributed by atoms with Gasteiger partial charge in [0.05, 0.1) is 52.5 Å². The maximum Gasteiger partial charge on any atom is 0.339 e. The third-order valence-corrected chi connectivity index (χ3v) is 12.6. The molecular formula is C57H104O13. The van der Waals surface area contributed by atoms with Crippen molar-refractivity contribution in [1.82, 2.24) is 0 Å². The Balaban J connectivity index is 4.61. The number of hydrogen-bond acceptors (Lipinski definition) is 13. The first-order valence-corrected chi connectivity index (χ1v) is 28.8. The molecule has 0 bridgehead atoms. The third kappa shape index (κ3) is 45.9. The van der Waals surface area contributed by atoms with E-state index in [4.69, 9.17) is 28.4 Å². The molecule has 13 heteroatoms. The third-order valence-electron chi connectivity index (χ3n) is 12.6. The minimum Gasteiger partial charge on any atom is -0.466 e. The van der Waals surface area contributed by atoms with Gasteiger partial charge in [-0.2, -0.15) is 0 Å². The first-order chi connectivity index (χ1) is 34.1. The van der Waals surface area contributed by atoms with Gasteiger partial charge >= 0.3 is 35.8 Å². The molecule has 0 saturated carbocycles. The topological polar surface area (TPSA) is 178 Å². The summed E-state index contributed by atoms with van der Waals surface area (Å²) in [5.41, 5.74) is -2.46. The fraction of sp³-hybridized carbons (Fsp3) is 0.895. The van der Waals surface area contributed by atoms with Gasteiger partial charge in [-0.1, -0.05) is 156 Å². The minimum absolute atomic E-state index is 0.0213. The standard InChI is InChI=1S/C57H104O13/c1-4-7-10-13-16-19-22-31-40-51(58)65-43-34-25-27-37-46-68-54(61)49-57(64,56(63)70-48-39-30-29-36-45-67-53(60)42-33-24-21-18-15-12-9-6-3)50-55(62)69-47-38-28-26-35-44-66-52(59)41-32-23-20-17-14-11-8-5-2/h64H,4-50H2,1-3H3. The van der Waals surface area contributed by atoms with Crippen LogP contribution < -0.4 is 0 Å². The molecular weight excluding hydrogens is 893 g/mol. The van der Waals surface area contributed by atoms with Crippen LogP contribution in [0.4, 0.5) is 0 Å². The van der Waals surface area contributed by atoms with Crippen molar-refractivity contribution in [2.75, 3.05) is 39.6 Å². The van der Waals surface area contributed by atoms with Crippen molar-refractivity contribution >= 4 is 35.8 Å². The van der Waals surface area contributed by atoms with E-state index in [-0.39, 0.29) is 37.7 Å². The molecule has 0 fully saturated rings. The van der Waals surface area contributed by atoms with E-state index < -0.39 is 36.4 Å². The monoisotopic (exact) mass is 997 g/mol. The highest BCUT2D eigenvalue weighted by Gasteiger charge is 2.43. The summed E-state index contributed by atoms with van der Waals surface area (Å²) < 4.78 is 32.2. The Morgan fingerprint density at radius 2 is 0.471 bits per heavy atom. The zero-order valence-corrected chi connectivity index (χ0v) is 45.1. The van der Waals surface area contributed by atoms with Crippen molar-refractivity contribution in [3.05, 3.63) is 0 Å². The molecule has 0 aromatic carbocycles. The summed E-state index contributed by atoms with van der Waals surface area (Å²) in [7, 11) is 0. The van der Waals surface area contributed by atoms with Crippen LogP contribution in [0.15, 0.2) is 0 Å². The van der Waals surface area contributed by atoms with Gasteiger partial charge in [0.15, 0.2) is 5.60 Å². The summed E-state index contributed by atoms with van der Waals surface area (Å²) in [6.45, 7) is 7.79. The molecule has 0 radical (unpaired) electrons. The van der Waals surface area contributed by atoms with E-state index in [9.17, 15) is 33.9 Å². The molecule has 0 amide bonds. The van der Waals surface area contributed by atoms with Crippen LogP contribution in [-0.4, -0.2) is 86.2 Å². The fourth-order valence-corrected chi connectivity index (χ4v) is 8.11. The lowest BCUT2D eigenvalue weighted by molar-refractivity contribution is -0.178. The maximum absolute atomic E-state index is 13.2. The molecule has 0 saturated heterocycles. The molecule has 0 spiro atoms. The smallest absolute Gasteiger partial charge is 0.339 e. The Morgan fingerprint density at radius 3 is 0.729 bits per heavy atom. The highest BCUT2D eigenvalue weighted by Crippen LogP contribution is 2.21. The van der Waals surface area contributed by atoms with Crippen LogP contribution in [0.5, 0.6) is 0 Å². The van der Waals surface area contributed by atoms with E-state index in [1.165, 1.54) is 96.3 Å². The number of unbranched alkanes of at least 4 members (excludes halogenated alkanes) is 30.